The van der Waals surface area contributed by atoms with Crippen LogP contribution in [0, 0.1) is 0 Å². The molecule has 6 aromatic rings. The summed E-state index contributed by atoms with van der Waals surface area (Å²) >= 11 is 9.04. The fourth-order valence-electron chi connectivity index (χ4n) is 5.20. The van der Waals surface area contributed by atoms with Crippen molar-refractivity contribution in [3.05, 3.63) is 160 Å². The third-order valence-corrected chi connectivity index (χ3v) is 10.2. The van der Waals surface area contributed by atoms with E-state index in [4.69, 9.17) is 21.1 Å². The molecule has 3 amide bonds. The van der Waals surface area contributed by atoms with E-state index in [1.54, 1.807) is 93.1 Å². The fourth-order valence-corrected chi connectivity index (χ4v) is 7.20. The molecule has 0 radical (unpaired) electrons. The van der Waals surface area contributed by atoms with Gasteiger partial charge in [0.15, 0.2) is 16.6 Å². The number of thioether (sulfide) groups is 1. The van der Waals surface area contributed by atoms with Crippen LogP contribution in [0.4, 0.5) is 10.8 Å². The number of carbonyl (C=O) groups is 3. The van der Waals surface area contributed by atoms with Crippen molar-refractivity contribution >= 4 is 69.3 Å². The highest BCUT2D eigenvalue weighted by atomic mass is 35.5. The molecule has 0 aliphatic carbocycles. The molecule has 0 aliphatic heterocycles. The average Bonchev–Trinajstić information content (AvgIpc) is 3.66. The molecule has 1 heterocycles. The highest BCUT2D eigenvalue weighted by Gasteiger charge is 2.24. The molecule has 1 unspecified atom stereocenters. The zero-order valence-electron chi connectivity index (χ0n) is 28.5. The van der Waals surface area contributed by atoms with Crippen LogP contribution >= 0.6 is 34.7 Å². The molecule has 266 valence electrons. The van der Waals surface area contributed by atoms with Crippen molar-refractivity contribution in [3.63, 3.8) is 0 Å². The number of halogens is 1. The number of anilines is 2. The standard InChI is InChI=1S/C41H33ClN4O5S2/c1-50-35-21-20-29(23-36(35)51-2)34-25-52-41(45-34)46-40(49)37(26-12-5-3-6-13-26)53-31-18-11-17-30(24-31)43-39(48)33(22-28-16-9-10-19-32(28)42)44-38(47)27-14-7-4-8-15-27/h3-25,37H,1-2H3,(H,43,48)(H,44,47)(H,45,46,49)/b33-22+. The first-order chi connectivity index (χ1) is 25.8. The Morgan fingerprint density at radius 2 is 1.51 bits per heavy atom. The Hall–Kier alpha value is -5.88. The van der Waals surface area contributed by atoms with Gasteiger partial charge in [-0.05, 0) is 71.8 Å². The molecule has 5 aromatic carbocycles. The fraction of sp³-hybridized carbons (Fsp3) is 0.0732. The molecule has 0 saturated carbocycles. The van der Waals surface area contributed by atoms with Crippen molar-refractivity contribution in [1.82, 2.24) is 10.3 Å². The maximum Gasteiger partial charge on any atom is 0.272 e. The van der Waals surface area contributed by atoms with Crippen LogP contribution in [0.2, 0.25) is 5.02 Å². The zero-order chi connectivity index (χ0) is 37.2. The first kappa shape index (κ1) is 36.9. The molecule has 12 heteroatoms. The maximum atomic E-state index is 13.9. The lowest BCUT2D eigenvalue weighted by atomic mass is 10.1. The number of aromatic nitrogens is 1. The summed E-state index contributed by atoms with van der Waals surface area (Å²) in [5.74, 6) is -0.0844. The number of hydrogen-bond acceptors (Lipinski definition) is 8. The van der Waals surface area contributed by atoms with Gasteiger partial charge < -0.3 is 25.4 Å². The number of carbonyl (C=O) groups excluding carboxylic acids is 3. The minimum Gasteiger partial charge on any atom is -0.493 e. The number of nitrogens with zero attached hydrogens (tertiary/aromatic N) is 1. The third-order valence-electron chi connectivity index (χ3n) is 7.83. The summed E-state index contributed by atoms with van der Waals surface area (Å²) in [7, 11) is 3.15. The zero-order valence-corrected chi connectivity index (χ0v) is 30.9. The summed E-state index contributed by atoms with van der Waals surface area (Å²) in [6.45, 7) is 0. The number of ether oxygens (including phenoxy) is 2. The van der Waals surface area contributed by atoms with E-state index in [9.17, 15) is 14.4 Å². The van der Waals surface area contributed by atoms with Crippen LogP contribution in [0.5, 0.6) is 11.5 Å². The van der Waals surface area contributed by atoms with Crippen LogP contribution < -0.4 is 25.4 Å². The van der Waals surface area contributed by atoms with Crippen molar-refractivity contribution in [1.29, 1.82) is 0 Å². The molecule has 0 saturated heterocycles. The summed E-state index contributed by atoms with van der Waals surface area (Å²) in [4.78, 5) is 46.1. The largest absolute Gasteiger partial charge is 0.493 e. The van der Waals surface area contributed by atoms with Crippen LogP contribution in [0.1, 0.15) is 26.7 Å². The molecule has 1 atom stereocenters. The van der Waals surface area contributed by atoms with E-state index >= 15 is 0 Å². The van der Waals surface area contributed by atoms with Crippen LogP contribution in [0.3, 0.4) is 0 Å². The predicted molar refractivity (Wildman–Crippen MR) is 213 cm³/mol. The number of methoxy groups -OCH3 is 2. The second-order valence-corrected chi connectivity index (χ2v) is 13.8. The van der Waals surface area contributed by atoms with Crippen molar-refractivity contribution < 1.29 is 23.9 Å². The lowest BCUT2D eigenvalue weighted by Gasteiger charge is -2.17. The van der Waals surface area contributed by atoms with Crippen LogP contribution in [0.25, 0.3) is 17.3 Å². The van der Waals surface area contributed by atoms with Crippen molar-refractivity contribution in [3.8, 4) is 22.8 Å². The topological polar surface area (TPSA) is 119 Å². The molecule has 53 heavy (non-hydrogen) atoms. The molecule has 0 fully saturated rings. The van der Waals surface area contributed by atoms with Gasteiger partial charge in [-0.15, -0.1) is 23.1 Å². The van der Waals surface area contributed by atoms with Gasteiger partial charge in [0, 0.05) is 32.1 Å². The molecule has 0 spiro atoms. The lowest BCUT2D eigenvalue weighted by molar-refractivity contribution is -0.116. The maximum absolute atomic E-state index is 13.9. The van der Waals surface area contributed by atoms with Gasteiger partial charge in [0.05, 0.1) is 19.9 Å². The molecule has 6 rings (SSSR count). The molecule has 1 aromatic heterocycles. The van der Waals surface area contributed by atoms with Crippen LogP contribution in [0.15, 0.2) is 143 Å². The van der Waals surface area contributed by atoms with Gasteiger partial charge in [-0.1, -0.05) is 84.4 Å². The number of benzene rings is 5. The smallest absolute Gasteiger partial charge is 0.272 e. The van der Waals surface area contributed by atoms with Crippen molar-refractivity contribution in [2.75, 3.05) is 24.9 Å². The first-order valence-electron chi connectivity index (χ1n) is 16.3. The van der Waals surface area contributed by atoms with E-state index < -0.39 is 17.1 Å². The van der Waals surface area contributed by atoms with Gasteiger partial charge >= 0.3 is 0 Å². The Bertz CT molecular complexity index is 2260. The Morgan fingerprint density at radius 1 is 0.792 bits per heavy atom. The van der Waals surface area contributed by atoms with Gasteiger partial charge in [0.2, 0.25) is 5.91 Å². The summed E-state index contributed by atoms with van der Waals surface area (Å²) < 4.78 is 10.8. The second-order valence-electron chi connectivity index (χ2n) is 11.4. The van der Waals surface area contributed by atoms with Crippen molar-refractivity contribution in [2.24, 2.45) is 0 Å². The van der Waals surface area contributed by atoms with E-state index in [-0.39, 0.29) is 11.6 Å². The first-order valence-corrected chi connectivity index (χ1v) is 18.4. The molecule has 0 bridgehead atoms. The monoisotopic (exact) mass is 760 g/mol. The average molecular weight is 761 g/mol. The SMILES string of the molecule is COc1ccc(-c2csc(NC(=O)C(Sc3cccc(NC(=O)/C(=C\c4ccccc4Cl)NC(=O)c4ccccc4)c3)c3ccccc3)n2)cc1OC. The Labute approximate surface area is 320 Å². The summed E-state index contributed by atoms with van der Waals surface area (Å²) in [5.41, 5.74) is 3.70. The third kappa shape index (κ3) is 9.52. The summed E-state index contributed by atoms with van der Waals surface area (Å²) in [6, 6.07) is 37.7. The predicted octanol–water partition coefficient (Wildman–Crippen LogP) is 9.36. The number of hydrogen-bond donors (Lipinski definition) is 3. The summed E-state index contributed by atoms with van der Waals surface area (Å²) in [5, 5.41) is 10.7. The van der Waals surface area contributed by atoms with E-state index in [1.165, 1.54) is 29.2 Å². The Balaban J connectivity index is 1.21. The quantitative estimate of drug-likeness (QED) is 0.0793. The van der Waals surface area contributed by atoms with E-state index in [0.717, 1.165) is 16.0 Å². The molecule has 0 aliphatic rings. The van der Waals surface area contributed by atoms with Gasteiger partial charge in [-0.3, -0.25) is 14.4 Å². The van der Waals surface area contributed by atoms with E-state index in [1.807, 2.05) is 53.9 Å². The minimum atomic E-state index is -0.656. The number of rotatable bonds is 13. The highest BCUT2D eigenvalue weighted by molar-refractivity contribution is 8.00. The molecular formula is C41H33ClN4O5S2. The highest BCUT2D eigenvalue weighted by Crippen LogP contribution is 2.38. The lowest BCUT2D eigenvalue weighted by Crippen LogP contribution is -2.30. The minimum absolute atomic E-state index is 0.00227. The molecule has 9 nitrogen and oxygen atoms in total. The van der Waals surface area contributed by atoms with E-state index in [0.29, 0.717) is 44.2 Å². The van der Waals surface area contributed by atoms with E-state index in [2.05, 4.69) is 20.9 Å². The van der Waals surface area contributed by atoms with Crippen LogP contribution in [-0.4, -0.2) is 36.9 Å². The number of amides is 3. The normalized spacial score (nSPS) is 11.6. The second kappa shape index (κ2) is 17.6. The van der Waals surface area contributed by atoms with Gasteiger partial charge in [-0.25, -0.2) is 4.98 Å². The number of thiazole rings is 1. The Morgan fingerprint density at radius 3 is 2.25 bits per heavy atom. The van der Waals surface area contributed by atoms with Gasteiger partial charge in [-0.2, -0.15) is 0 Å². The Kier molecular flexibility index (Phi) is 12.2. The molecular weight excluding hydrogens is 728 g/mol. The van der Waals surface area contributed by atoms with Gasteiger partial charge in [0.1, 0.15) is 10.9 Å². The summed E-state index contributed by atoms with van der Waals surface area (Å²) in [6.07, 6.45) is 1.53. The molecule has 3 N–H and O–H groups in total. The van der Waals surface area contributed by atoms with Crippen LogP contribution in [-0.2, 0) is 9.59 Å². The van der Waals surface area contributed by atoms with Gasteiger partial charge in [0.25, 0.3) is 11.8 Å². The van der Waals surface area contributed by atoms with Crippen molar-refractivity contribution in [2.45, 2.75) is 10.1 Å². The number of nitrogens with one attached hydrogen (secondary N) is 3.